The molecule has 148 valence electrons. The van der Waals surface area contributed by atoms with E-state index >= 15 is 0 Å². The summed E-state index contributed by atoms with van der Waals surface area (Å²) in [5.74, 6) is 0.0109. The number of hydrogen-bond donors (Lipinski definition) is 1. The number of nitrogens with zero attached hydrogens (tertiary/aromatic N) is 5. The highest BCUT2D eigenvalue weighted by Crippen LogP contribution is 2.39. The van der Waals surface area contributed by atoms with Crippen molar-refractivity contribution in [3.05, 3.63) is 17.8 Å². The van der Waals surface area contributed by atoms with E-state index in [-0.39, 0.29) is 18.3 Å². The van der Waals surface area contributed by atoms with Crippen LogP contribution in [-0.4, -0.2) is 80.1 Å². The Morgan fingerprint density at radius 3 is 2.70 bits per heavy atom. The average molecular weight is 395 g/mol. The van der Waals surface area contributed by atoms with Gasteiger partial charge < -0.3 is 14.7 Å². The number of pyridine rings is 1. The van der Waals surface area contributed by atoms with Crippen molar-refractivity contribution in [1.29, 1.82) is 5.26 Å². The molecule has 2 fully saturated rings. The van der Waals surface area contributed by atoms with E-state index in [1.54, 1.807) is 12.3 Å². The molecule has 2 saturated heterocycles. The third kappa shape index (κ3) is 3.48. The highest BCUT2D eigenvalue weighted by Gasteiger charge is 2.47. The summed E-state index contributed by atoms with van der Waals surface area (Å²) in [7, 11) is 0.949. The van der Waals surface area contributed by atoms with E-state index in [9.17, 15) is 18.8 Å². The molecule has 9 nitrogen and oxygen atoms in total. The summed E-state index contributed by atoms with van der Waals surface area (Å²) in [5.41, 5.74) is 0.150. The summed E-state index contributed by atoms with van der Waals surface area (Å²) in [6.07, 6.45) is 2.51. The molecular weight excluding hydrogens is 370 g/mol. The number of aliphatic hydroxyl groups is 1. The van der Waals surface area contributed by atoms with Crippen LogP contribution in [0.1, 0.15) is 18.4 Å². The van der Waals surface area contributed by atoms with Crippen LogP contribution in [0.15, 0.2) is 12.3 Å². The first-order valence-corrected chi connectivity index (χ1v) is 10.2. The number of ether oxygens (including phenoxy) is 1. The molecule has 0 aliphatic carbocycles. The summed E-state index contributed by atoms with van der Waals surface area (Å²) in [6.45, 7) is 1.59. The Hall–Kier alpha value is -1.93. The standard InChI is InChI=1S/C17H25N5O4S/c1-20(2)27(24,25)22-9-6-17(23)5-8-21(11-13(17)12-22)15-4-7-19-16(26-3)14(15)10-18/h4,7,13,23H,5-6,8-9,11-12H2,1-3H3/t13-,17-/m0/s1. The van der Waals surface area contributed by atoms with E-state index in [4.69, 9.17) is 4.74 Å². The molecule has 2 aliphatic rings. The van der Waals surface area contributed by atoms with E-state index in [2.05, 4.69) is 11.1 Å². The summed E-state index contributed by atoms with van der Waals surface area (Å²) in [4.78, 5) is 6.08. The molecule has 10 heteroatoms. The van der Waals surface area contributed by atoms with Gasteiger partial charge in [-0.1, -0.05) is 0 Å². The minimum absolute atomic E-state index is 0.248. The van der Waals surface area contributed by atoms with Crippen LogP contribution in [0, 0.1) is 17.2 Å². The Morgan fingerprint density at radius 2 is 2.07 bits per heavy atom. The third-order valence-electron chi connectivity index (χ3n) is 5.56. The molecule has 0 unspecified atom stereocenters. The Morgan fingerprint density at radius 1 is 1.37 bits per heavy atom. The Bertz CT molecular complexity index is 853. The number of nitriles is 1. The summed E-state index contributed by atoms with van der Waals surface area (Å²) >= 11 is 0. The quantitative estimate of drug-likeness (QED) is 0.766. The monoisotopic (exact) mass is 395 g/mol. The number of piperidine rings is 2. The van der Waals surface area contributed by atoms with Crippen LogP contribution in [0.4, 0.5) is 5.69 Å². The predicted octanol–water partition coefficient (Wildman–Crippen LogP) is 0.0314. The van der Waals surface area contributed by atoms with Gasteiger partial charge >= 0.3 is 0 Å². The summed E-state index contributed by atoms with van der Waals surface area (Å²) in [5, 5.41) is 20.6. The fourth-order valence-corrected chi connectivity index (χ4v) is 5.04. The zero-order chi connectivity index (χ0) is 19.8. The third-order valence-corrected chi connectivity index (χ3v) is 7.47. The Kier molecular flexibility index (Phi) is 5.31. The van der Waals surface area contributed by atoms with E-state index in [0.29, 0.717) is 43.7 Å². The lowest BCUT2D eigenvalue weighted by atomic mass is 9.76. The molecule has 0 aromatic carbocycles. The highest BCUT2D eigenvalue weighted by molar-refractivity contribution is 7.86. The lowest BCUT2D eigenvalue weighted by molar-refractivity contribution is -0.0694. The maximum absolute atomic E-state index is 12.5. The van der Waals surface area contributed by atoms with Crippen molar-refractivity contribution in [1.82, 2.24) is 13.6 Å². The van der Waals surface area contributed by atoms with Crippen molar-refractivity contribution in [2.75, 3.05) is 52.3 Å². The molecule has 0 amide bonds. The first-order valence-electron chi connectivity index (χ1n) is 8.81. The molecule has 1 N–H and O–H groups in total. The second-order valence-corrected chi connectivity index (χ2v) is 9.36. The Labute approximate surface area is 159 Å². The van der Waals surface area contributed by atoms with Crippen molar-refractivity contribution in [2.24, 2.45) is 5.92 Å². The van der Waals surface area contributed by atoms with Gasteiger partial charge in [-0.05, 0) is 18.9 Å². The van der Waals surface area contributed by atoms with Crippen LogP contribution >= 0.6 is 0 Å². The topological polar surface area (TPSA) is 110 Å². The van der Waals surface area contributed by atoms with E-state index in [1.165, 1.54) is 29.8 Å². The van der Waals surface area contributed by atoms with Gasteiger partial charge in [0, 0.05) is 52.4 Å². The zero-order valence-corrected chi connectivity index (χ0v) is 16.6. The van der Waals surface area contributed by atoms with Gasteiger partial charge in [-0.25, -0.2) is 4.98 Å². The molecular formula is C17H25N5O4S. The fourth-order valence-electron chi connectivity index (χ4n) is 3.89. The number of aromatic nitrogens is 1. The van der Waals surface area contributed by atoms with Gasteiger partial charge in [0.2, 0.25) is 5.88 Å². The van der Waals surface area contributed by atoms with Crippen LogP contribution in [0.3, 0.4) is 0 Å². The van der Waals surface area contributed by atoms with Crippen LogP contribution in [-0.2, 0) is 10.2 Å². The number of rotatable bonds is 4. The lowest BCUT2D eigenvalue weighted by Gasteiger charge is -2.50. The van der Waals surface area contributed by atoms with Crippen LogP contribution in [0.25, 0.3) is 0 Å². The average Bonchev–Trinajstić information content (AvgIpc) is 2.65. The van der Waals surface area contributed by atoms with Gasteiger partial charge in [0.15, 0.2) is 0 Å². The SMILES string of the molecule is COc1nccc(N2CC[C@]3(O)CCN(S(=O)(=O)N(C)C)C[C@@H]3C2)c1C#N. The molecule has 1 aromatic heterocycles. The minimum atomic E-state index is -3.53. The van der Waals surface area contributed by atoms with Gasteiger partial charge in [-0.2, -0.15) is 22.3 Å². The summed E-state index contributed by atoms with van der Waals surface area (Å²) in [6, 6.07) is 3.89. The van der Waals surface area contributed by atoms with Crippen molar-refractivity contribution in [3.63, 3.8) is 0 Å². The second-order valence-electron chi connectivity index (χ2n) is 7.22. The smallest absolute Gasteiger partial charge is 0.281 e. The molecule has 3 heterocycles. The summed E-state index contributed by atoms with van der Waals surface area (Å²) < 4.78 is 32.8. The molecule has 3 rings (SSSR count). The van der Waals surface area contributed by atoms with E-state index in [1.807, 2.05) is 4.90 Å². The normalized spacial score (nSPS) is 26.5. The highest BCUT2D eigenvalue weighted by atomic mass is 32.2. The van der Waals surface area contributed by atoms with E-state index in [0.717, 1.165) is 0 Å². The van der Waals surface area contributed by atoms with Gasteiger partial charge in [-0.15, -0.1) is 0 Å². The van der Waals surface area contributed by atoms with Crippen LogP contribution in [0.2, 0.25) is 0 Å². The van der Waals surface area contributed by atoms with Gasteiger partial charge in [0.1, 0.15) is 11.6 Å². The fraction of sp³-hybridized carbons (Fsp3) is 0.647. The van der Waals surface area contributed by atoms with Crippen molar-refractivity contribution in [2.45, 2.75) is 18.4 Å². The first-order chi connectivity index (χ1) is 12.7. The van der Waals surface area contributed by atoms with Crippen molar-refractivity contribution < 1.29 is 18.3 Å². The molecule has 2 aliphatic heterocycles. The number of anilines is 1. The second kappa shape index (κ2) is 7.24. The molecule has 0 bridgehead atoms. The number of methoxy groups -OCH3 is 1. The number of hydrogen-bond acceptors (Lipinski definition) is 7. The van der Waals surface area contributed by atoms with Gasteiger partial charge in [0.05, 0.1) is 18.4 Å². The minimum Gasteiger partial charge on any atom is -0.480 e. The molecule has 27 heavy (non-hydrogen) atoms. The number of fused-ring (bicyclic) bond motifs is 1. The molecule has 1 aromatic rings. The molecule has 0 spiro atoms. The molecule has 0 radical (unpaired) electrons. The molecule has 0 saturated carbocycles. The van der Waals surface area contributed by atoms with Gasteiger partial charge in [0.25, 0.3) is 10.2 Å². The zero-order valence-electron chi connectivity index (χ0n) is 15.8. The van der Waals surface area contributed by atoms with Crippen LogP contribution in [0.5, 0.6) is 5.88 Å². The first kappa shape index (κ1) is 19.8. The lowest BCUT2D eigenvalue weighted by Crippen LogP contribution is -2.61. The van der Waals surface area contributed by atoms with Crippen molar-refractivity contribution in [3.8, 4) is 11.9 Å². The maximum Gasteiger partial charge on any atom is 0.281 e. The Balaban J connectivity index is 1.87. The van der Waals surface area contributed by atoms with E-state index < -0.39 is 15.8 Å². The van der Waals surface area contributed by atoms with Crippen molar-refractivity contribution >= 4 is 15.9 Å². The predicted molar refractivity (Wildman–Crippen MR) is 99.6 cm³/mol. The van der Waals surface area contributed by atoms with Crippen LogP contribution < -0.4 is 9.64 Å². The van der Waals surface area contributed by atoms with Gasteiger partial charge in [-0.3, -0.25) is 0 Å². The largest absolute Gasteiger partial charge is 0.480 e. The maximum atomic E-state index is 12.5. The molecule has 2 atom stereocenters.